The lowest BCUT2D eigenvalue weighted by Crippen LogP contribution is -2.45. The van der Waals surface area contributed by atoms with E-state index in [1.165, 1.54) is 11.8 Å². The van der Waals surface area contributed by atoms with E-state index < -0.39 is 12.0 Å². The first kappa shape index (κ1) is 15.1. The lowest BCUT2D eigenvalue weighted by molar-refractivity contribution is -0.149. The van der Waals surface area contributed by atoms with Gasteiger partial charge in [0.15, 0.2) is 0 Å². The molecule has 1 N–H and O–H groups in total. The summed E-state index contributed by atoms with van der Waals surface area (Å²) < 4.78 is 0. The number of hydrogen-bond donors (Lipinski definition) is 1. The molecule has 4 nitrogen and oxygen atoms in total. The van der Waals surface area contributed by atoms with Gasteiger partial charge in [0.25, 0.3) is 0 Å². The molecule has 2 rings (SSSR count). The second kappa shape index (κ2) is 6.02. The second-order valence-electron chi connectivity index (χ2n) is 4.94. The van der Waals surface area contributed by atoms with Crippen LogP contribution in [0.25, 0.3) is 0 Å². The van der Waals surface area contributed by atoms with Crippen LogP contribution in [0.1, 0.15) is 25.3 Å². The molecule has 0 bridgehead atoms. The summed E-state index contributed by atoms with van der Waals surface area (Å²) in [5.41, 5.74) is 0.618. The van der Waals surface area contributed by atoms with Gasteiger partial charge in [0.1, 0.15) is 6.04 Å². The summed E-state index contributed by atoms with van der Waals surface area (Å²) in [6.45, 7) is 1.53. The average Bonchev–Trinajstić information content (AvgIpc) is 3.19. The zero-order valence-corrected chi connectivity index (χ0v) is 12.5. The number of benzene rings is 1. The molecule has 1 unspecified atom stereocenters. The maximum Gasteiger partial charge on any atom is 0.326 e. The third kappa shape index (κ3) is 3.25. The van der Waals surface area contributed by atoms with Crippen LogP contribution in [0.3, 0.4) is 0 Å². The van der Waals surface area contributed by atoms with Crippen LogP contribution < -0.4 is 0 Å². The van der Waals surface area contributed by atoms with E-state index in [4.69, 9.17) is 28.3 Å². The number of hydrogen-bond acceptors (Lipinski definition) is 2. The number of amides is 1. The van der Waals surface area contributed by atoms with Crippen LogP contribution >= 0.6 is 23.2 Å². The SMILES string of the molecule is CC(C(=O)O)N(C(=O)Cc1cccc(Cl)c1Cl)C1CC1. The Morgan fingerprint density at radius 1 is 1.40 bits per heavy atom. The van der Waals surface area contributed by atoms with Crippen molar-refractivity contribution in [1.29, 1.82) is 0 Å². The van der Waals surface area contributed by atoms with Gasteiger partial charge in [-0.2, -0.15) is 0 Å². The molecule has 108 valence electrons. The fourth-order valence-electron chi connectivity index (χ4n) is 2.15. The molecule has 0 heterocycles. The van der Waals surface area contributed by atoms with Gasteiger partial charge >= 0.3 is 5.97 Å². The summed E-state index contributed by atoms with van der Waals surface area (Å²) in [5.74, 6) is -1.23. The molecule has 1 amide bonds. The third-order valence-corrected chi connectivity index (χ3v) is 4.23. The molecule has 0 radical (unpaired) electrons. The van der Waals surface area contributed by atoms with E-state index in [0.717, 1.165) is 12.8 Å². The van der Waals surface area contributed by atoms with Gasteiger partial charge in [0.2, 0.25) is 5.91 Å². The molecule has 0 saturated heterocycles. The van der Waals surface area contributed by atoms with E-state index in [2.05, 4.69) is 0 Å². The van der Waals surface area contributed by atoms with E-state index in [1.54, 1.807) is 18.2 Å². The van der Waals surface area contributed by atoms with Crippen LogP contribution in [0, 0.1) is 0 Å². The number of carboxylic acid groups (broad SMARTS) is 1. The minimum absolute atomic E-state index is 0.0339. The van der Waals surface area contributed by atoms with Crippen molar-refractivity contribution in [3.8, 4) is 0 Å². The maximum atomic E-state index is 12.4. The molecular formula is C14H15Cl2NO3. The van der Waals surface area contributed by atoms with Crippen LogP contribution in [0.4, 0.5) is 0 Å². The molecule has 1 atom stereocenters. The predicted octanol–water partition coefficient (Wildman–Crippen LogP) is 3.00. The van der Waals surface area contributed by atoms with Crippen molar-refractivity contribution in [2.75, 3.05) is 0 Å². The van der Waals surface area contributed by atoms with E-state index in [-0.39, 0.29) is 18.4 Å². The highest BCUT2D eigenvalue weighted by molar-refractivity contribution is 6.42. The number of nitrogens with zero attached hydrogens (tertiary/aromatic N) is 1. The summed E-state index contributed by atoms with van der Waals surface area (Å²) >= 11 is 12.0. The van der Waals surface area contributed by atoms with Gasteiger partial charge in [-0.3, -0.25) is 4.79 Å². The van der Waals surface area contributed by atoms with Crippen molar-refractivity contribution in [1.82, 2.24) is 4.90 Å². The van der Waals surface area contributed by atoms with Crippen LogP contribution in [0.5, 0.6) is 0 Å². The minimum Gasteiger partial charge on any atom is -0.480 e. The zero-order chi connectivity index (χ0) is 14.9. The smallest absolute Gasteiger partial charge is 0.326 e. The second-order valence-corrected chi connectivity index (χ2v) is 5.72. The summed E-state index contributed by atoms with van der Waals surface area (Å²) in [6.07, 6.45) is 1.77. The first-order valence-corrected chi connectivity index (χ1v) is 7.14. The Kier molecular flexibility index (Phi) is 4.55. The van der Waals surface area contributed by atoms with E-state index in [1.807, 2.05) is 0 Å². The van der Waals surface area contributed by atoms with Crippen molar-refractivity contribution in [3.05, 3.63) is 33.8 Å². The Morgan fingerprint density at radius 2 is 2.05 bits per heavy atom. The van der Waals surface area contributed by atoms with Gasteiger partial charge < -0.3 is 10.0 Å². The summed E-state index contributed by atoms with van der Waals surface area (Å²) in [4.78, 5) is 24.9. The number of aliphatic carboxylic acids is 1. The van der Waals surface area contributed by atoms with Gasteiger partial charge in [0, 0.05) is 6.04 Å². The molecule has 0 spiro atoms. The topological polar surface area (TPSA) is 57.6 Å². The first-order valence-electron chi connectivity index (χ1n) is 6.38. The maximum absolute atomic E-state index is 12.4. The molecule has 20 heavy (non-hydrogen) atoms. The van der Waals surface area contributed by atoms with Gasteiger partial charge in [-0.1, -0.05) is 35.3 Å². The number of carbonyl (C=O) groups excluding carboxylic acids is 1. The fourth-order valence-corrected chi connectivity index (χ4v) is 2.53. The highest BCUT2D eigenvalue weighted by Crippen LogP contribution is 2.31. The molecule has 1 aliphatic carbocycles. The molecular weight excluding hydrogens is 301 g/mol. The van der Waals surface area contributed by atoms with Crippen molar-refractivity contribution >= 4 is 35.1 Å². The number of carbonyl (C=O) groups is 2. The Hall–Kier alpha value is -1.26. The van der Waals surface area contributed by atoms with E-state index in [0.29, 0.717) is 15.6 Å². The molecule has 1 aromatic rings. The lowest BCUT2D eigenvalue weighted by atomic mass is 10.1. The van der Waals surface area contributed by atoms with Crippen molar-refractivity contribution in [3.63, 3.8) is 0 Å². The van der Waals surface area contributed by atoms with Gasteiger partial charge in [-0.05, 0) is 31.4 Å². The quantitative estimate of drug-likeness (QED) is 0.908. The monoisotopic (exact) mass is 315 g/mol. The molecule has 0 aliphatic heterocycles. The Bertz CT molecular complexity index is 543. The van der Waals surface area contributed by atoms with Crippen LogP contribution in [-0.4, -0.2) is 34.0 Å². The molecule has 1 aromatic carbocycles. The number of halogens is 2. The Balaban J connectivity index is 2.16. The summed E-state index contributed by atoms with van der Waals surface area (Å²) in [6, 6.07) is 4.30. The van der Waals surface area contributed by atoms with Gasteiger partial charge in [0.05, 0.1) is 16.5 Å². The van der Waals surface area contributed by atoms with Crippen LogP contribution in [0.2, 0.25) is 10.0 Å². The number of rotatable bonds is 5. The predicted molar refractivity (Wildman–Crippen MR) is 77.1 cm³/mol. The summed E-state index contributed by atoms with van der Waals surface area (Å²) in [7, 11) is 0. The number of carboxylic acids is 1. The van der Waals surface area contributed by atoms with Crippen molar-refractivity contribution < 1.29 is 14.7 Å². The highest BCUT2D eigenvalue weighted by atomic mass is 35.5. The van der Waals surface area contributed by atoms with Crippen LogP contribution in [-0.2, 0) is 16.0 Å². The third-order valence-electron chi connectivity index (χ3n) is 3.38. The standard InChI is InChI=1S/C14H15Cl2NO3/c1-8(14(19)20)17(10-5-6-10)12(18)7-9-3-2-4-11(15)13(9)16/h2-4,8,10H,5-7H2,1H3,(H,19,20). The first-order chi connectivity index (χ1) is 9.41. The van der Waals surface area contributed by atoms with E-state index >= 15 is 0 Å². The van der Waals surface area contributed by atoms with Gasteiger partial charge in [-0.15, -0.1) is 0 Å². The molecule has 6 heteroatoms. The van der Waals surface area contributed by atoms with Crippen LogP contribution in [0.15, 0.2) is 18.2 Å². The fraction of sp³-hybridized carbons (Fsp3) is 0.429. The molecule has 1 aliphatic rings. The largest absolute Gasteiger partial charge is 0.480 e. The molecule has 1 saturated carbocycles. The Labute approximate surface area is 127 Å². The minimum atomic E-state index is -0.998. The van der Waals surface area contributed by atoms with E-state index in [9.17, 15) is 9.59 Å². The highest BCUT2D eigenvalue weighted by Gasteiger charge is 2.38. The average molecular weight is 316 g/mol. The molecule has 0 aromatic heterocycles. The van der Waals surface area contributed by atoms with Gasteiger partial charge in [-0.25, -0.2) is 4.79 Å². The summed E-state index contributed by atoms with van der Waals surface area (Å²) in [5, 5.41) is 9.84. The zero-order valence-electron chi connectivity index (χ0n) is 11.0. The van der Waals surface area contributed by atoms with Crippen molar-refractivity contribution in [2.45, 2.75) is 38.3 Å². The Morgan fingerprint density at radius 3 is 2.60 bits per heavy atom. The lowest BCUT2D eigenvalue weighted by Gasteiger charge is -2.26. The van der Waals surface area contributed by atoms with Crippen molar-refractivity contribution in [2.24, 2.45) is 0 Å². The normalized spacial score (nSPS) is 15.8. The molecule has 1 fully saturated rings.